The molecule has 0 N–H and O–H groups in total. The average Bonchev–Trinajstić information content (AvgIpc) is 2.16. The molecular weight excluding hydrogens is 144 g/mol. The highest BCUT2D eigenvalue weighted by Gasteiger charge is 1.90. The molecule has 0 aromatic heterocycles. The number of aryl methyl sites for hydroxylation is 1. The predicted octanol–water partition coefficient (Wildman–Crippen LogP) is 1.85. The molecule has 12 heavy (non-hydrogen) atoms. The Morgan fingerprint density at radius 3 is 2.42 bits per heavy atom. The van der Waals surface area contributed by atoms with Crippen LogP contribution >= 0.6 is 0 Å². The van der Waals surface area contributed by atoms with E-state index in [1.54, 1.807) is 0 Å². The Bertz CT molecular complexity index is 358. The van der Waals surface area contributed by atoms with E-state index in [1.165, 1.54) is 16.0 Å². The molecule has 0 fully saturated rings. The van der Waals surface area contributed by atoms with Gasteiger partial charge < -0.3 is 0 Å². The molecule has 1 aromatic rings. The van der Waals surface area contributed by atoms with Crippen LogP contribution in [0.15, 0.2) is 18.2 Å². The molecule has 0 amide bonds. The summed E-state index contributed by atoms with van der Waals surface area (Å²) in [6.45, 7) is 6.38. The highest BCUT2D eigenvalue weighted by atomic mass is 14.0. The van der Waals surface area contributed by atoms with Gasteiger partial charge in [-0.1, -0.05) is 37.3 Å². The first-order valence-electron chi connectivity index (χ1n) is 4.54. The Morgan fingerprint density at radius 1 is 1.17 bits per heavy atom. The average molecular weight is 160 g/mol. The van der Waals surface area contributed by atoms with Crippen molar-refractivity contribution in [2.24, 2.45) is 0 Å². The first-order valence-corrected chi connectivity index (χ1v) is 4.54. The van der Waals surface area contributed by atoms with Crippen LogP contribution in [0.4, 0.5) is 0 Å². The maximum Gasteiger partial charge on any atom is -0.0198 e. The second-order valence-electron chi connectivity index (χ2n) is 2.85. The third-order valence-electron chi connectivity index (χ3n) is 2.21. The Labute approximate surface area is 74.2 Å². The number of hydrogen-bond acceptors (Lipinski definition) is 0. The molecule has 0 aliphatic heterocycles. The van der Waals surface area contributed by atoms with Crippen LogP contribution in [0.2, 0.25) is 0 Å². The Balaban J connectivity index is 3.56. The van der Waals surface area contributed by atoms with Crippen LogP contribution in [-0.2, 0) is 6.42 Å². The van der Waals surface area contributed by atoms with Gasteiger partial charge >= 0.3 is 0 Å². The van der Waals surface area contributed by atoms with E-state index >= 15 is 0 Å². The SMILES string of the molecule is CC=c1cccc(CC)c1=CC. The summed E-state index contributed by atoms with van der Waals surface area (Å²) in [5.41, 5.74) is 1.44. The zero-order valence-electron chi connectivity index (χ0n) is 8.09. The molecule has 0 bridgehead atoms. The van der Waals surface area contributed by atoms with Crippen LogP contribution in [0, 0.1) is 0 Å². The second kappa shape index (κ2) is 4.10. The fourth-order valence-corrected chi connectivity index (χ4v) is 1.54. The van der Waals surface area contributed by atoms with Gasteiger partial charge in [0.1, 0.15) is 0 Å². The molecule has 0 heterocycles. The monoisotopic (exact) mass is 160 g/mol. The third-order valence-corrected chi connectivity index (χ3v) is 2.21. The molecule has 0 heteroatoms. The van der Waals surface area contributed by atoms with E-state index in [4.69, 9.17) is 0 Å². The lowest BCUT2D eigenvalue weighted by atomic mass is 10.1. The van der Waals surface area contributed by atoms with Gasteiger partial charge in [-0.15, -0.1) is 0 Å². The molecule has 1 aromatic carbocycles. The Morgan fingerprint density at radius 2 is 1.92 bits per heavy atom. The summed E-state index contributed by atoms with van der Waals surface area (Å²) in [7, 11) is 0. The number of rotatable bonds is 1. The molecule has 0 spiro atoms. The summed E-state index contributed by atoms with van der Waals surface area (Å²) in [5, 5.41) is 2.74. The fourth-order valence-electron chi connectivity index (χ4n) is 1.54. The van der Waals surface area contributed by atoms with Crippen LogP contribution in [0.25, 0.3) is 12.2 Å². The lowest BCUT2D eigenvalue weighted by molar-refractivity contribution is 1.11. The molecule has 0 nitrogen and oxygen atoms in total. The molecule has 64 valence electrons. The van der Waals surface area contributed by atoms with Gasteiger partial charge in [0, 0.05) is 0 Å². The molecule has 1 rings (SSSR count). The zero-order chi connectivity index (χ0) is 8.97. The van der Waals surface area contributed by atoms with Crippen molar-refractivity contribution < 1.29 is 0 Å². The molecule has 0 aliphatic carbocycles. The summed E-state index contributed by atoms with van der Waals surface area (Å²) in [6, 6.07) is 6.48. The standard InChI is InChI=1S/C12H16/c1-4-10-8-7-9-11(5-2)12(10)6-3/h4,6-9H,5H2,1-3H3. The van der Waals surface area contributed by atoms with Crippen molar-refractivity contribution in [2.45, 2.75) is 27.2 Å². The molecule has 0 aliphatic rings. The van der Waals surface area contributed by atoms with E-state index in [9.17, 15) is 0 Å². The van der Waals surface area contributed by atoms with Gasteiger partial charge in [-0.25, -0.2) is 0 Å². The van der Waals surface area contributed by atoms with Gasteiger partial charge in [-0.2, -0.15) is 0 Å². The zero-order valence-corrected chi connectivity index (χ0v) is 8.09. The van der Waals surface area contributed by atoms with Crippen molar-refractivity contribution in [3.8, 4) is 0 Å². The van der Waals surface area contributed by atoms with E-state index in [1.807, 2.05) is 0 Å². The number of benzene rings is 1. The van der Waals surface area contributed by atoms with Crippen LogP contribution < -0.4 is 10.4 Å². The van der Waals surface area contributed by atoms with E-state index in [0.29, 0.717) is 0 Å². The fraction of sp³-hybridized carbons (Fsp3) is 0.333. The van der Waals surface area contributed by atoms with Crippen molar-refractivity contribution in [3.63, 3.8) is 0 Å². The van der Waals surface area contributed by atoms with Crippen molar-refractivity contribution in [1.82, 2.24) is 0 Å². The molecule has 0 radical (unpaired) electrons. The highest BCUT2D eigenvalue weighted by Crippen LogP contribution is 1.88. The summed E-state index contributed by atoms with van der Waals surface area (Å²) in [5.74, 6) is 0. The van der Waals surface area contributed by atoms with E-state index in [2.05, 4.69) is 51.1 Å². The maximum absolute atomic E-state index is 2.20. The third kappa shape index (κ3) is 1.58. The summed E-state index contributed by atoms with van der Waals surface area (Å²) >= 11 is 0. The highest BCUT2D eigenvalue weighted by molar-refractivity contribution is 5.34. The van der Waals surface area contributed by atoms with Crippen molar-refractivity contribution >= 4 is 12.2 Å². The summed E-state index contributed by atoms with van der Waals surface area (Å²) < 4.78 is 0. The van der Waals surface area contributed by atoms with Crippen LogP contribution in [0.3, 0.4) is 0 Å². The minimum absolute atomic E-state index is 1.11. The summed E-state index contributed by atoms with van der Waals surface area (Å²) in [6.07, 6.45) is 5.46. The maximum atomic E-state index is 2.20. The molecule has 0 saturated heterocycles. The molecular formula is C12H16. The van der Waals surface area contributed by atoms with Crippen molar-refractivity contribution in [3.05, 3.63) is 34.2 Å². The molecule has 0 unspecified atom stereocenters. The normalized spacial score (nSPS) is 13.9. The number of hydrogen-bond donors (Lipinski definition) is 0. The smallest absolute Gasteiger partial charge is 0.0198 e. The minimum atomic E-state index is 1.11. The van der Waals surface area contributed by atoms with Crippen LogP contribution in [0.5, 0.6) is 0 Å². The van der Waals surface area contributed by atoms with Gasteiger partial charge in [-0.3, -0.25) is 0 Å². The first-order chi connectivity index (χ1) is 5.83. The lowest BCUT2D eigenvalue weighted by Gasteiger charge is -1.97. The first kappa shape index (κ1) is 9.05. The van der Waals surface area contributed by atoms with Gasteiger partial charge in [-0.05, 0) is 36.3 Å². The van der Waals surface area contributed by atoms with E-state index < -0.39 is 0 Å². The van der Waals surface area contributed by atoms with Crippen LogP contribution in [-0.4, -0.2) is 0 Å². The minimum Gasteiger partial charge on any atom is -0.0798 e. The van der Waals surface area contributed by atoms with Gasteiger partial charge in [0.2, 0.25) is 0 Å². The Kier molecular flexibility index (Phi) is 3.09. The van der Waals surface area contributed by atoms with Crippen molar-refractivity contribution in [1.29, 1.82) is 0 Å². The summed E-state index contributed by atoms with van der Waals surface area (Å²) in [4.78, 5) is 0. The van der Waals surface area contributed by atoms with Crippen LogP contribution in [0.1, 0.15) is 26.3 Å². The van der Waals surface area contributed by atoms with Gasteiger partial charge in [0.25, 0.3) is 0 Å². The van der Waals surface area contributed by atoms with E-state index in [-0.39, 0.29) is 0 Å². The Hall–Kier alpha value is -1.04. The topological polar surface area (TPSA) is 0 Å². The van der Waals surface area contributed by atoms with Gasteiger partial charge in [0.15, 0.2) is 0 Å². The largest absolute Gasteiger partial charge is 0.0798 e. The quantitative estimate of drug-likeness (QED) is 0.588. The van der Waals surface area contributed by atoms with Gasteiger partial charge in [0.05, 0.1) is 0 Å². The second-order valence-corrected chi connectivity index (χ2v) is 2.85. The predicted molar refractivity (Wildman–Crippen MR) is 55.3 cm³/mol. The molecule has 0 saturated carbocycles. The lowest BCUT2D eigenvalue weighted by Crippen LogP contribution is -2.27. The molecule has 0 atom stereocenters. The van der Waals surface area contributed by atoms with E-state index in [0.717, 1.165) is 6.42 Å². The van der Waals surface area contributed by atoms with Crippen molar-refractivity contribution in [2.75, 3.05) is 0 Å².